The molecule has 0 atom stereocenters. The summed E-state index contributed by atoms with van der Waals surface area (Å²) in [6.45, 7) is 1.91. The van der Waals surface area contributed by atoms with E-state index in [4.69, 9.17) is 11.6 Å². The van der Waals surface area contributed by atoms with Gasteiger partial charge in [-0.3, -0.25) is 13.9 Å². The van der Waals surface area contributed by atoms with Gasteiger partial charge < -0.3 is 4.90 Å². The van der Waals surface area contributed by atoms with E-state index in [1.54, 1.807) is 7.05 Å². The highest BCUT2D eigenvalue weighted by atomic mass is 35.5. The number of benzene rings is 1. The fourth-order valence-electron chi connectivity index (χ4n) is 3.68. The fraction of sp³-hybridized carbons (Fsp3) is 0.333. The number of rotatable bonds is 3. The van der Waals surface area contributed by atoms with Gasteiger partial charge in [-0.05, 0) is 30.9 Å². The number of halogens is 1. The molecule has 2 aromatic heterocycles. The second kappa shape index (κ2) is 7.83. The van der Waals surface area contributed by atoms with Crippen molar-refractivity contribution < 1.29 is 0 Å². The smallest absolute Gasteiger partial charge is 0.332 e. The lowest BCUT2D eigenvalue weighted by Crippen LogP contribution is -2.37. The van der Waals surface area contributed by atoms with Crippen LogP contribution in [0.1, 0.15) is 30.5 Å². The third-order valence-electron chi connectivity index (χ3n) is 5.30. The number of hydrogen-bond donors (Lipinski definition) is 0. The van der Waals surface area contributed by atoms with Gasteiger partial charge in [-0.15, -0.1) is 0 Å². The molecule has 3 aromatic rings. The molecule has 1 fully saturated rings. The molecule has 7 nitrogen and oxygen atoms in total. The Morgan fingerprint density at radius 1 is 1.00 bits per heavy atom. The Morgan fingerprint density at radius 2 is 1.69 bits per heavy atom. The molecule has 0 spiro atoms. The maximum absolute atomic E-state index is 12.4. The van der Waals surface area contributed by atoms with E-state index in [0.29, 0.717) is 5.69 Å². The summed E-state index contributed by atoms with van der Waals surface area (Å²) in [6.07, 6.45) is 5.38. The lowest BCUT2D eigenvalue weighted by Gasteiger charge is -2.31. The second-order valence-electron chi connectivity index (χ2n) is 7.22. The Hall–Kier alpha value is -2.93. The van der Waals surface area contributed by atoms with Crippen LogP contribution in [-0.2, 0) is 14.1 Å². The van der Waals surface area contributed by atoms with Crippen LogP contribution >= 0.6 is 11.6 Å². The summed E-state index contributed by atoms with van der Waals surface area (Å²) in [5.74, 6) is 0. The highest BCUT2D eigenvalue weighted by Gasteiger charge is 2.18. The summed E-state index contributed by atoms with van der Waals surface area (Å²) in [7, 11) is 2.99. The third-order valence-corrected chi connectivity index (χ3v) is 5.58. The molecular formula is C21H22ClN5O2. The molecule has 0 saturated carbocycles. The molecule has 0 unspecified atom stereocenters. The lowest BCUT2D eigenvalue weighted by atomic mass is 10.1. The Balaban J connectivity index is 1.93. The molecule has 0 aliphatic carbocycles. The van der Waals surface area contributed by atoms with Gasteiger partial charge in [-0.2, -0.15) is 0 Å². The summed E-state index contributed by atoms with van der Waals surface area (Å²) in [6, 6.07) is 10.1. The Kier molecular flexibility index (Phi) is 5.24. The number of hydrogen-bond acceptors (Lipinski definition) is 5. The van der Waals surface area contributed by atoms with E-state index in [0.717, 1.165) is 41.8 Å². The molecule has 150 valence electrons. The van der Waals surface area contributed by atoms with E-state index >= 15 is 0 Å². The molecule has 0 radical (unpaired) electrons. The molecule has 8 heteroatoms. The highest BCUT2D eigenvalue weighted by molar-refractivity contribution is 6.31. The number of aryl methyl sites for hydroxylation is 1. The van der Waals surface area contributed by atoms with Gasteiger partial charge in [-0.1, -0.05) is 41.9 Å². The van der Waals surface area contributed by atoms with E-state index in [9.17, 15) is 9.59 Å². The SMILES string of the molecule is Cn1c(=O)c2nc(Cl)c(/C=C(\c3ccccc3)N3CCCCC3)nc2n(C)c1=O. The summed E-state index contributed by atoms with van der Waals surface area (Å²) < 4.78 is 2.33. The zero-order valence-electron chi connectivity index (χ0n) is 16.4. The van der Waals surface area contributed by atoms with Crippen LogP contribution < -0.4 is 11.2 Å². The van der Waals surface area contributed by atoms with Crippen LogP contribution in [0.15, 0.2) is 39.9 Å². The normalized spacial score (nSPS) is 15.1. The number of fused-ring (bicyclic) bond motifs is 1. The monoisotopic (exact) mass is 411 g/mol. The van der Waals surface area contributed by atoms with Crippen molar-refractivity contribution in [3.8, 4) is 0 Å². The van der Waals surface area contributed by atoms with E-state index in [1.807, 2.05) is 36.4 Å². The van der Waals surface area contributed by atoms with Crippen molar-refractivity contribution in [2.75, 3.05) is 13.1 Å². The van der Waals surface area contributed by atoms with Crippen molar-refractivity contribution in [2.45, 2.75) is 19.3 Å². The fourth-order valence-corrected chi connectivity index (χ4v) is 3.86. The molecule has 0 N–H and O–H groups in total. The Bertz CT molecular complexity index is 1210. The van der Waals surface area contributed by atoms with E-state index < -0.39 is 11.2 Å². The largest absolute Gasteiger partial charge is 0.371 e. The molecule has 0 amide bonds. The molecule has 1 saturated heterocycles. The molecule has 29 heavy (non-hydrogen) atoms. The van der Waals surface area contributed by atoms with Gasteiger partial charge in [-0.25, -0.2) is 14.8 Å². The summed E-state index contributed by atoms with van der Waals surface area (Å²) in [5.41, 5.74) is 1.85. The Labute approximate surface area is 172 Å². The van der Waals surface area contributed by atoms with E-state index in [1.165, 1.54) is 18.0 Å². The van der Waals surface area contributed by atoms with E-state index in [2.05, 4.69) is 14.9 Å². The number of piperidine rings is 1. The van der Waals surface area contributed by atoms with Gasteiger partial charge in [0.25, 0.3) is 5.56 Å². The molecule has 4 rings (SSSR count). The summed E-state index contributed by atoms with van der Waals surface area (Å²) in [4.78, 5) is 35.9. The quantitative estimate of drug-likeness (QED) is 0.662. The first-order valence-corrected chi connectivity index (χ1v) is 10.0. The Morgan fingerprint density at radius 3 is 2.38 bits per heavy atom. The first-order chi connectivity index (χ1) is 14.0. The maximum atomic E-state index is 12.4. The van der Waals surface area contributed by atoms with Crippen molar-refractivity contribution in [3.05, 3.63) is 67.6 Å². The van der Waals surface area contributed by atoms with Gasteiger partial charge in [0.1, 0.15) is 5.69 Å². The van der Waals surface area contributed by atoms with Crippen LogP contribution in [0.3, 0.4) is 0 Å². The van der Waals surface area contributed by atoms with Crippen LogP contribution in [0.2, 0.25) is 5.15 Å². The number of aromatic nitrogens is 4. The zero-order chi connectivity index (χ0) is 20.5. The van der Waals surface area contributed by atoms with Crippen molar-refractivity contribution in [3.63, 3.8) is 0 Å². The highest BCUT2D eigenvalue weighted by Crippen LogP contribution is 2.27. The standard InChI is InChI=1S/C21H22ClN5O2/c1-25-19-17(20(28)26(2)21(25)29)24-18(22)15(23-19)13-16(14-9-5-3-6-10-14)27-11-7-4-8-12-27/h3,5-6,9-10,13H,4,7-8,11-12H2,1-2H3/b16-13+. The van der Waals surface area contributed by atoms with Crippen molar-refractivity contribution in [2.24, 2.45) is 14.1 Å². The summed E-state index contributed by atoms with van der Waals surface area (Å²) in [5, 5.41) is 0.138. The zero-order valence-corrected chi connectivity index (χ0v) is 17.2. The van der Waals surface area contributed by atoms with Gasteiger partial charge >= 0.3 is 5.69 Å². The minimum absolute atomic E-state index is 0.0796. The lowest BCUT2D eigenvalue weighted by molar-refractivity contribution is 0.327. The third kappa shape index (κ3) is 3.58. The predicted octanol–water partition coefficient (Wildman–Crippen LogP) is 2.66. The van der Waals surface area contributed by atoms with Crippen LogP contribution in [0.4, 0.5) is 0 Å². The number of nitrogens with zero attached hydrogens (tertiary/aromatic N) is 5. The molecule has 1 aromatic carbocycles. The van der Waals surface area contributed by atoms with Gasteiger partial charge in [0.15, 0.2) is 16.3 Å². The minimum Gasteiger partial charge on any atom is -0.371 e. The molecule has 0 bridgehead atoms. The number of likely N-dealkylation sites (tertiary alicyclic amines) is 1. The predicted molar refractivity (Wildman–Crippen MR) is 115 cm³/mol. The van der Waals surface area contributed by atoms with Crippen molar-refractivity contribution in [1.29, 1.82) is 0 Å². The van der Waals surface area contributed by atoms with Gasteiger partial charge in [0, 0.05) is 32.9 Å². The molecular weight excluding hydrogens is 390 g/mol. The molecule has 3 heterocycles. The van der Waals surface area contributed by atoms with Crippen molar-refractivity contribution >= 4 is 34.5 Å². The van der Waals surface area contributed by atoms with Crippen LogP contribution in [0, 0.1) is 0 Å². The maximum Gasteiger partial charge on any atom is 0.332 e. The second-order valence-corrected chi connectivity index (χ2v) is 7.58. The molecule has 1 aliphatic heterocycles. The minimum atomic E-state index is -0.507. The first-order valence-electron chi connectivity index (χ1n) is 9.62. The topological polar surface area (TPSA) is 73.0 Å². The van der Waals surface area contributed by atoms with Gasteiger partial charge in [0.2, 0.25) is 0 Å². The van der Waals surface area contributed by atoms with Crippen molar-refractivity contribution in [1.82, 2.24) is 24.0 Å². The average molecular weight is 412 g/mol. The van der Waals surface area contributed by atoms with Crippen LogP contribution in [0.25, 0.3) is 22.9 Å². The first kappa shape index (κ1) is 19.4. The van der Waals surface area contributed by atoms with E-state index in [-0.39, 0.29) is 16.3 Å². The average Bonchev–Trinajstić information content (AvgIpc) is 2.76. The van der Waals surface area contributed by atoms with Gasteiger partial charge in [0.05, 0.1) is 0 Å². The van der Waals surface area contributed by atoms with Crippen LogP contribution in [0.5, 0.6) is 0 Å². The van der Waals surface area contributed by atoms with Crippen LogP contribution in [-0.4, -0.2) is 37.1 Å². The summed E-state index contributed by atoms with van der Waals surface area (Å²) >= 11 is 6.42. The molecule has 1 aliphatic rings.